The summed E-state index contributed by atoms with van der Waals surface area (Å²) in [7, 11) is 0. The smallest absolute Gasteiger partial charge is 0.273 e. The molecule has 0 unspecified atom stereocenters. The fourth-order valence-electron chi connectivity index (χ4n) is 4.72. The molecule has 0 radical (unpaired) electrons. The van der Waals surface area contributed by atoms with E-state index >= 15 is 0 Å². The fraction of sp³-hybridized carbons (Fsp3) is 0.214. The van der Waals surface area contributed by atoms with Crippen LogP contribution in [0.3, 0.4) is 0 Å². The molecule has 0 N–H and O–H groups in total. The lowest BCUT2D eigenvalue weighted by molar-refractivity contribution is 0.0696. The van der Waals surface area contributed by atoms with E-state index in [9.17, 15) is 4.79 Å². The molecule has 1 amide bonds. The van der Waals surface area contributed by atoms with Gasteiger partial charge in [0.15, 0.2) is 0 Å². The van der Waals surface area contributed by atoms with Gasteiger partial charge in [-0.2, -0.15) is 0 Å². The first-order chi connectivity index (χ1) is 15.3. The molecule has 0 saturated heterocycles. The van der Waals surface area contributed by atoms with E-state index in [1.165, 1.54) is 0 Å². The van der Waals surface area contributed by atoms with Gasteiger partial charge in [-0.05, 0) is 29.2 Å². The molecule has 1 aliphatic rings. The zero-order chi connectivity index (χ0) is 21.2. The number of unbranched alkanes of at least 4 members (excludes halogenated alkanes) is 1. The lowest BCUT2D eigenvalue weighted by Crippen LogP contribution is -2.27. The number of aromatic nitrogens is 1. The third-order valence-electron chi connectivity index (χ3n) is 6.19. The van der Waals surface area contributed by atoms with Gasteiger partial charge in [0.05, 0.1) is 11.6 Å². The van der Waals surface area contributed by atoms with Gasteiger partial charge in [-0.15, -0.1) is 0 Å². The van der Waals surface area contributed by atoms with Crippen molar-refractivity contribution in [3.63, 3.8) is 0 Å². The van der Waals surface area contributed by atoms with E-state index in [4.69, 9.17) is 4.98 Å². The minimum atomic E-state index is 0.0370. The van der Waals surface area contributed by atoms with Crippen LogP contribution in [0.5, 0.6) is 0 Å². The van der Waals surface area contributed by atoms with Crippen LogP contribution in [-0.4, -0.2) is 15.8 Å². The van der Waals surface area contributed by atoms with Crippen LogP contribution >= 0.6 is 0 Å². The normalized spacial score (nSPS) is 15.5. The Bertz CT molecular complexity index is 1220. The van der Waals surface area contributed by atoms with Gasteiger partial charge in [-0.3, -0.25) is 4.79 Å². The zero-order valence-corrected chi connectivity index (χ0v) is 17.8. The number of para-hydroxylation sites is 1. The van der Waals surface area contributed by atoms with Gasteiger partial charge in [0, 0.05) is 17.5 Å². The number of amides is 1. The molecule has 0 spiro atoms. The van der Waals surface area contributed by atoms with Crippen LogP contribution in [0.2, 0.25) is 0 Å². The molecule has 0 aliphatic carbocycles. The molecule has 154 valence electrons. The van der Waals surface area contributed by atoms with Crippen molar-refractivity contribution >= 4 is 16.8 Å². The van der Waals surface area contributed by atoms with Gasteiger partial charge in [0.2, 0.25) is 0 Å². The summed E-state index contributed by atoms with van der Waals surface area (Å²) in [4.78, 5) is 20.6. The third-order valence-corrected chi connectivity index (χ3v) is 6.19. The Balaban J connectivity index is 1.73. The Kier molecular flexibility index (Phi) is 5.25. The van der Waals surface area contributed by atoms with E-state index in [0.29, 0.717) is 12.2 Å². The number of nitrogens with zero attached hydrogens (tertiary/aromatic N) is 2. The van der Waals surface area contributed by atoms with Crippen molar-refractivity contribution in [2.24, 2.45) is 0 Å². The molecule has 3 aromatic carbocycles. The molecule has 1 aliphatic heterocycles. The quantitative estimate of drug-likeness (QED) is 0.353. The van der Waals surface area contributed by atoms with Crippen molar-refractivity contribution in [2.45, 2.75) is 38.8 Å². The molecular formula is C28H26N2O. The van der Waals surface area contributed by atoms with E-state index in [1.807, 2.05) is 41.3 Å². The highest BCUT2D eigenvalue weighted by molar-refractivity contribution is 6.06. The molecule has 3 heteroatoms. The number of carbonyl (C=O) groups excluding carboxylic acids is 1. The molecule has 0 saturated carbocycles. The highest BCUT2D eigenvalue weighted by Gasteiger charge is 2.40. The van der Waals surface area contributed by atoms with E-state index in [-0.39, 0.29) is 11.9 Å². The summed E-state index contributed by atoms with van der Waals surface area (Å²) in [6.45, 7) is 2.81. The van der Waals surface area contributed by atoms with E-state index in [2.05, 4.69) is 55.5 Å². The van der Waals surface area contributed by atoms with E-state index < -0.39 is 0 Å². The van der Waals surface area contributed by atoms with Gasteiger partial charge in [-0.1, -0.05) is 98.6 Å². The topological polar surface area (TPSA) is 33.2 Å². The van der Waals surface area contributed by atoms with Gasteiger partial charge < -0.3 is 4.90 Å². The summed E-state index contributed by atoms with van der Waals surface area (Å²) in [5.74, 6) is 0.0443. The number of rotatable bonds is 6. The van der Waals surface area contributed by atoms with Crippen molar-refractivity contribution in [1.29, 1.82) is 0 Å². The maximum atomic E-state index is 13.7. The predicted octanol–water partition coefficient (Wildman–Crippen LogP) is 6.79. The zero-order valence-electron chi connectivity index (χ0n) is 17.8. The van der Waals surface area contributed by atoms with Crippen LogP contribution in [-0.2, 0) is 6.54 Å². The van der Waals surface area contributed by atoms with Crippen LogP contribution in [0.15, 0.2) is 84.9 Å². The Morgan fingerprint density at radius 1 is 0.871 bits per heavy atom. The molecule has 1 atom stereocenters. The van der Waals surface area contributed by atoms with Crippen LogP contribution in [0, 0.1) is 0 Å². The van der Waals surface area contributed by atoms with Crippen LogP contribution in [0.1, 0.15) is 53.8 Å². The largest absolute Gasteiger partial charge is 0.326 e. The van der Waals surface area contributed by atoms with Gasteiger partial charge >= 0.3 is 0 Å². The van der Waals surface area contributed by atoms with Crippen LogP contribution < -0.4 is 0 Å². The average molecular weight is 407 g/mol. The first-order valence-electron chi connectivity index (χ1n) is 11.1. The second-order valence-electron chi connectivity index (χ2n) is 8.21. The summed E-state index contributed by atoms with van der Waals surface area (Å²) < 4.78 is 0. The minimum Gasteiger partial charge on any atom is -0.326 e. The SMILES string of the molecule is CCCC[C@@H]1c2c(nc3ccccc3c2-c2ccccc2)C(=O)N1Cc1ccccc1. The molecular weight excluding hydrogens is 380 g/mol. The standard InChI is InChI=1S/C28H26N2O/c1-2-3-18-24-26-25(21-14-8-5-9-15-21)22-16-10-11-17-23(22)29-27(26)28(31)30(24)19-20-12-6-4-7-13-20/h4-17,24H,2-3,18-19H2,1H3/t24-/m1/s1. The Labute approximate surface area is 183 Å². The van der Waals surface area contributed by atoms with E-state index in [0.717, 1.165) is 52.4 Å². The molecule has 5 rings (SSSR count). The molecule has 1 aromatic heterocycles. The first kappa shape index (κ1) is 19.5. The molecule has 0 fully saturated rings. The summed E-state index contributed by atoms with van der Waals surface area (Å²) in [5, 5.41) is 1.11. The number of carbonyl (C=O) groups is 1. The second kappa shape index (κ2) is 8.35. The number of hydrogen-bond acceptors (Lipinski definition) is 2. The maximum Gasteiger partial charge on any atom is 0.273 e. The van der Waals surface area contributed by atoms with E-state index in [1.54, 1.807) is 0 Å². The summed E-state index contributed by atoms with van der Waals surface area (Å²) >= 11 is 0. The average Bonchev–Trinajstić information content (AvgIpc) is 3.08. The first-order valence-corrected chi connectivity index (χ1v) is 11.1. The molecule has 2 heterocycles. The van der Waals surface area contributed by atoms with Gasteiger partial charge in [0.1, 0.15) is 5.69 Å². The highest BCUT2D eigenvalue weighted by atomic mass is 16.2. The van der Waals surface area contributed by atoms with Crippen molar-refractivity contribution in [3.8, 4) is 11.1 Å². The van der Waals surface area contributed by atoms with Crippen molar-refractivity contribution in [2.75, 3.05) is 0 Å². The predicted molar refractivity (Wildman–Crippen MR) is 126 cm³/mol. The minimum absolute atomic E-state index is 0.0370. The lowest BCUT2D eigenvalue weighted by Gasteiger charge is -2.26. The molecule has 31 heavy (non-hydrogen) atoms. The van der Waals surface area contributed by atoms with Crippen molar-refractivity contribution < 1.29 is 4.79 Å². The molecule has 0 bridgehead atoms. The maximum absolute atomic E-state index is 13.7. The van der Waals surface area contributed by atoms with Crippen LogP contribution in [0.4, 0.5) is 0 Å². The Morgan fingerprint density at radius 2 is 1.55 bits per heavy atom. The third kappa shape index (κ3) is 3.50. The summed E-state index contributed by atoms with van der Waals surface area (Å²) in [6.07, 6.45) is 3.12. The lowest BCUT2D eigenvalue weighted by atomic mass is 9.90. The highest BCUT2D eigenvalue weighted by Crippen LogP contribution is 2.45. The number of hydrogen-bond donors (Lipinski definition) is 0. The fourth-order valence-corrected chi connectivity index (χ4v) is 4.72. The number of fused-ring (bicyclic) bond motifs is 2. The Morgan fingerprint density at radius 3 is 2.29 bits per heavy atom. The summed E-state index contributed by atoms with van der Waals surface area (Å²) in [5.41, 5.74) is 6.05. The van der Waals surface area contributed by atoms with Crippen molar-refractivity contribution in [1.82, 2.24) is 9.88 Å². The van der Waals surface area contributed by atoms with Crippen molar-refractivity contribution in [3.05, 3.63) is 102 Å². The number of pyridine rings is 1. The number of benzene rings is 3. The summed E-state index contributed by atoms with van der Waals surface area (Å²) in [6, 6.07) is 28.9. The Hall–Kier alpha value is -3.46. The van der Waals surface area contributed by atoms with Gasteiger partial charge in [-0.25, -0.2) is 4.98 Å². The van der Waals surface area contributed by atoms with Crippen LogP contribution in [0.25, 0.3) is 22.0 Å². The molecule has 3 nitrogen and oxygen atoms in total. The monoisotopic (exact) mass is 406 g/mol. The second-order valence-corrected chi connectivity index (χ2v) is 8.21. The van der Waals surface area contributed by atoms with Gasteiger partial charge in [0.25, 0.3) is 5.91 Å². The molecule has 4 aromatic rings.